The van der Waals surface area contributed by atoms with E-state index in [0.29, 0.717) is 11.4 Å². The van der Waals surface area contributed by atoms with Crippen LogP contribution in [0.4, 0.5) is 10.1 Å². The Morgan fingerprint density at radius 2 is 2.00 bits per heavy atom. The van der Waals surface area contributed by atoms with Gasteiger partial charge in [0.25, 0.3) is 5.91 Å². The number of amides is 1. The summed E-state index contributed by atoms with van der Waals surface area (Å²) < 4.78 is 18.7. The number of anilines is 1. The first-order valence-electron chi connectivity index (χ1n) is 7.01. The third-order valence-electron chi connectivity index (χ3n) is 3.61. The van der Waals surface area contributed by atoms with E-state index in [0.717, 1.165) is 5.56 Å². The van der Waals surface area contributed by atoms with Crippen LogP contribution >= 0.6 is 0 Å². The Morgan fingerprint density at radius 3 is 2.70 bits per heavy atom. The van der Waals surface area contributed by atoms with Crippen molar-refractivity contribution in [2.45, 2.75) is 12.5 Å². The van der Waals surface area contributed by atoms with Gasteiger partial charge in [0.2, 0.25) is 0 Å². The average molecular weight is 312 g/mol. The van der Waals surface area contributed by atoms with Gasteiger partial charge in [0, 0.05) is 12.5 Å². The Kier molecular flexibility index (Phi) is 3.85. The lowest BCUT2D eigenvalue weighted by Gasteiger charge is -2.33. The molecule has 0 aliphatic carbocycles. The van der Waals surface area contributed by atoms with Crippen LogP contribution in [0.1, 0.15) is 5.56 Å². The van der Waals surface area contributed by atoms with Crippen LogP contribution < -0.4 is 9.64 Å². The van der Waals surface area contributed by atoms with Gasteiger partial charge in [-0.15, -0.1) is 0 Å². The molecule has 2 aromatic carbocycles. The Balaban J connectivity index is 1.92. The smallest absolute Gasteiger partial charge is 0.269 e. The molecule has 116 valence electrons. The fourth-order valence-corrected chi connectivity index (χ4v) is 2.51. The van der Waals surface area contributed by atoms with Crippen LogP contribution in [0.2, 0.25) is 0 Å². The molecule has 0 radical (unpaired) electrons. The van der Waals surface area contributed by atoms with Crippen LogP contribution in [0.3, 0.4) is 0 Å². The van der Waals surface area contributed by atoms with E-state index < -0.39 is 6.10 Å². The maximum Gasteiger partial charge on any atom is 0.269 e. The molecule has 1 atom stereocenters. The Labute approximate surface area is 132 Å². The van der Waals surface area contributed by atoms with E-state index >= 15 is 0 Å². The molecule has 0 fully saturated rings. The number of nitriles is 1. The molecule has 1 unspecified atom stereocenters. The quantitative estimate of drug-likeness (QED) is 0.883. The largest absolute Gasteiger partial charge is 0.508 e. The normalized spacial score (nSPS) is 16.4. The third kappa shape index (κ3) is 2.94. The standard InChI is InChI=1S/C17H13FN2O3/c18-12-3-1-11(2-4-12)9-16-17(22)20(8-7-19)14-6-5-13(21)10-15(14)23-16/h1-6,10,16,21H,8-9H2. The molecule has 0 saturated carbocycles. The lowest BCUT2D eigenvalue weighted by molar-refractivity contribution is -0.126. The Bertz CT molecular complexity index is 783. The summed E-state index contributed by atoms with van der Waals surface area (Å²) in [5.41, 5.74) is 1.19. The first kappa shape index (κ1) is 14.9. The van der Waals surface area contributed by atoms with Crippen LogP contribution in [-0.4, -0.2) is 23.7 Å². The molecular formula is C17H13FN2O3. The number of carbonyl (C=O) groups is 1. The highest BCUT2D eigenvalue weighted by atomic mass is 19.1. The molecule has 2 aromatic rings. The second-order valence-electron chi connectivity index (χ2n) is 5.17. The van der Waals surface area contributed by atoms with Gasteiger partial charge in [-0.05, 0) is 29.8 Å². The molecular weight excluding hydrogens is 299 g/mol. The molecule has 1 aliphatic heterocycles. The van der Waals surface area contributed by atoms with Crippen molar-refractivity contribution in [3.05, 3.63) is 53.8 Å². The van der Waals surface area contributed by atoms with E-state index in [1.54, 1.807) is 12.1 Å². The van der Waals surface area contributed by atoms with Gasteiger partial charge < -0.3 is 9.84 Å². The predicted octanol–water partition coefficient (Wildman–Crippen LogP) is 2.39. The van der Waals surface area contributed by atoms with Crippen molar-refractivity contribution >= 4 is 11.6 Å². The summed E-state index contributed by atoms with van der Waals surface area (Å²) in [6.45, 7) is -0.111. The number of phenols is 1. The number of carbonyl (C=O) groups excluding carboxylic acids is 1. The molecule has 1 N–H and O–H groups in total. The first-order chi connectivity index (χ1) is 11.1. The molecule has 3 rings (SSSR count). The van der Waals surface area contributed by atoms with Crippen LogP contribution in [0.25, 0.3) is 0 Å². The number of aromatic hydroxyl groups is 1. The molecule has 0 aromatic heterocycles. The Morgan fingerprint density at radius 1 is 1.26 bits per heavy atom. The molecule has 1 amide bonds. The molecule has 0 bridgehead atoms. The second kappa shape index (κ2) is 5.97. The highest BCUT2D eigenvalue weighted by Gasteiger charge is 2.34. The number of halogens is 1. The van der Waals surface area contributed by atoms with Crippen molar-refractivity contribution in [2.24, 2.45) is 0 Å². The predicted molar refractivity (Wildman–Crippen MR) is 80.6 cm³/mol. The summed E-state index contributed by atoms with van der Waals surface area (Å²) in [4.78, 5) is 13.9. The fourth-order valence-electron chi connectivity index (χ4n) is 2.51. The zero-order valence-electron chi connectivity index (χ0n) is 12.1. The maximum atomic E-state index is 13.0. The zero-order valence-corrected chi connectivity index (χ0v) is 12.1. The number of benzene rings is 2. The van der Waals surface area contributed by atoms with Crippen LogP contribution in [0.5, 0.6) is 11.5 Å². The van der Waals surface area contributed by atoms with Crippen LogP contribution in [0.15, 0.2) is 42.5 Å². The lowest BCUT2D eigenvalue weighted by atomic mass is 10.0. The minimum Gasteiger partial charge on any atom is -0.508 e. The van der Waals surface area contributed by atoms with E-state index in [2.05, 4.69) is 0 Å². The van der Waals surface area contributed by atoms with Crippen molar-refractivity contribution in [1.29, 1.82) is 5.26 Å². The zero-order chi connectivity index (χ0) is 16.4. The first-order valence-corrected chi connectivity index (χ1v) is 7.01. The maximum absolute atomic E-state index is 13.0. The molecule has 23 heavy (non-hydrogen) atoms. The van der Waals surface area contributed by atoms with Crippen molar-refractivity contribution in [2.75, 3.05) is 11.4 Å². The molecule has 1 aliphatic rings. The summed E-state index contributed by atoms with van der Waals surface area (Å²) in [7, 11) is 0. The highest BCUT2D eigenvalue weighted by Crippen LogP contribution is 2.37. The molecule has 0 saturated heterocycles. The van der Waals surface area contributed by atoms with Crippen molar-refractivity contribution in [3.8, 4) is 17.6 Å². The minimum absolute atomic E-state index is 0.00976. The second-order valence-corrected chi connectivity index (χ2v) is 5.17. The number of hydrogen-bond acceptors (Lipinski definition) is 4. The van der Waals surface area contributed by atoms with E-state index in [4.69, 9.17) is 10.00 Å². The van der Waals surface area contributed by atoms with Crippen LogP contribution in [0, 0.1) is 17.1 Å². The third-order valence-corrected chi connectivity index (χ3v) is 3.61. The van der Waals surface area contributed by atoms with Crippen molar-refractivity contribution in [3.63, 3.8) is 0 Å². The van der Waals surface area contributed by atoms with Crippen molar-refractivity contribution in [1.82, 2.24) is 0 Å². The van der Waals surface area contributed by atoms with Gasteiger partial charge in [0.15, 0.2) is 6.10 Å². The highest BCUT2D eigenvalue weighted by molar-refractivity contribution is 6.00. The fraction of sp³-hybridized carbons (Fsp3) is 0.176. The molecule has 0 spiro atoms. The summed E-state index contributed by atoms with van der Waals surface area (Å²) >= 11 is 0. The summed E-state index contributed by atoms with van der Waals surface area (Å²) in [6, 6.07) is 12.1. The lowest BCUT2D eigenvalue weighted by Crippen LogP contribution is -2.47. The number of fused-ring (bicyclic) bond motifs is 1. The van der Waals surface area contributed by atoms with E-state index in [1.165, 1.54) is 35.2 Å². The number of ether oxygens (including phenoxy) is 1. The topological polar surface area (TPSA) is 73.6 Å². The van der Waals surface area contributed by atoms with Gasteiger partial charge in [0.05, 0.1) is 11.8 Å². The van der Waals surface area contributed by atoms with Crippen LogP contribution in [-0.2, 0) is 11.2 Å². The van der Waals surface area contributed by atoms with Gasteiger partial charge in [-0.1, -0.05) is 12.1 Å². The Hall–Kier alpha value is -3.07. The van der Waals surface area contributed by atoms with Crippen molar-refractivity contribution < 1.29 is 19.0 Å². The monoisotopic (exact) mass is 312 g/mol. The van der Waals surface area contributed by atoms with Gasteiger partial charge >= 0.3 is 0 Å². The van der Waals surface area contributed by atoms with E-state index in [1.807, 2.05) is 6.07 Å². The summed E-state index contributed by atoms with van der Waals surface area (Å²) in [5.74, 6) is -0.345. The van der Waals surface area contributed by atoms with Gasteiger partial charge in [-0.3, -0.25) is 9.69 Å². The summed E-state index contributed by atoms with van der Waals surface area (Å²) in [6.07, 6.45) is -0.584. The number of hydrogen-bond donors (Lipinski definition) is 1. The molecule has 5 nitrogen and oxygen atoms in total. The SMILES string of the molecule is N#CCN1C(=O)C(Cc2ccc(F)cc2)Oc2cc(O)ccc21. The summed E-state index contributed by atoms with van der Waals surface area (Å²) in [5, 5.41) is 18.5. The van der Waals surface area contributed by atoms with Gasteiger partial charge in [-0.2, -0.15) is 5.26 Å². The van der Waals surface area contributed by atoms with Gasteiger partial charge in [-0.25, -0.2) is 4.39 Å². The van der Waals surface area contributed by atoms with Gasteiger partial charge in [0.1, 0.15) is 23.9 Å². The molecule has 1 heterocycles. The number of phenolic OH excluding ortho intramolecular Hbond substituents is 1. The average Bonchev–Trinajstić information content (AvgIpc) is 2.53. The van der Waals surface area contributed by atoms with E-state index in [9.17, 15) is 14.3 Å². The number of nitrogens with zero attached hydrogens (tertiary/aromatic N) is 2. The number of rotatable bonds is 3. The minimum atomic E-state index is -0.830. The molecule has 6 heteroatoms. The van der Waals surface area contributed by atoms with E-state index in [-0.39, 0.29) is 30.4 Å².